The normalized spacial score (nSPS) is 10.3. The van der Waals surface area contributed by atoms with Gasteiger partial charge in [-0.2, -0.15) is 0 Å². The highest BCUT2D eigenvalue weighted by Gasteiger charge is 2.10. The molecule has 0 radical (unpaired) electrons. The fourth-order valence-electron chi connectivity index (χ4n) is 2.80. The highest BCUT2D eigenvalue weighted by molar-refractivity contribution is 6.05. The van der Waals surface area contributed by atoms with Gasteiger partial charge in [0.2, 0.25) is 0 Å². The molecule has 1 amide bonds. The van der Waals surface area contributed by atoms with Crippen molar-refractivity contribution in [3.8, 4) is 22.6 Å². The largest absolute Gasteiger partial charge is 0.497 e. The Morgan fingerprint density at radius 2 is 1.62 bits per heavy atom. The Morgan fingerprint density at radius 1 is 0.885 bits per heavy atom. The van der Waals surface area contributed by atoms with Crippen LogP contribution in [0, 0.1) is 6.92 Å². The van der Waals surface area contributed by atoms with Crippen molar-refractivity contribution in [3.05, 3.63) is 77.9 Å². The smallest absolute Gasteiger partial charge is 0.255 e. The Kier molecular flexibility index (Phi) is 5.23. The third kappa shape index (κ3) is 3.70. The molecule has 0 heterocycles. The number of rotatable bonds is 5. The Bertz CT molecular complexity index is 917. The number of methoxy groups -OCH3 is 2. The summed E-state index contributed by atoms with van der Waals surface area (Å²) in [6.45, 7) is 1.92. The van der Waals surface area contributed by atoms with E-state index < -0.39 is 0 Å². The molecule has 0 atom stereocenters. The summed E-state index contributed by atoms with van der Waals surface area (Å²) in [6.07, 6.45) is 0. The molecule has 0 fully saturated rings. The summed E-state index contributed by atoms with van der Waals surface area (Å²) in [7, 11) is 3.28. The first-order valence-electron chi connectivity index (χ1n) is 8.32. The Balaban J connectivity index is 1.83. The van der Waals surface area contributed by atoms with E-state index in [-0.39, 0.29) is 5.91 Å². The van der Waals surface area contributed by atoms with Gasteiger partial charge in [0, 0.05) is 16.8 Å². The number of nitrogens with one attached hydrogen (secondary N) is 1. The van der Waals surface area contributed by atoms with Crippen LogP contribution in [0.1, 0.15) is 15.9 Å². The number of hydrogen-bond acceptors (Lipinski definition) is 3. The molecule has 26 heavy (non-hydrogen) atoms. The maximum absolute atomic E-state index is 12.4. The van der Waals surface area contributed by atoms with Crippen molar-refractivity contribution >= 4 is 11.6 Å². The van der Waals surface area contributed by atoms with Gasteiger partial charge in [-0.25, -0.2) is 0 Å². The third-order valence-electron chi connectivity index (χ3n) is 4.25. The molecular formula is C22H21NO3. The molecule has 0 saturated carbocycles. The summed E-state index contributed by atoms with van der Waals surface area (Å²) in [6, 6.07) is 20.8. The van der Waals surface area contributed by atoms with Crippen LogP contribution in [-0.4, -0.2) is 20.1 Å². The number of carbonyl (C=O) groups is 1. The van der Waals surface area contributed by atoms with E-state index in [1.165, 1.54) is 0 Å². The second-order valence-electron chi connectivity index (χ2n) is 5.91. The number of carbonyl (C=O) groups excluding carboxylic acids is 1. The molecule has 0 spiro atoms. The van der Waals surface area contributed by atoms with Crippen molar-refractivity contribution in [3.63, 3.8) is 0 Å². The molecule has 132 valence electrons. The van der Waals surface area contributed by atoms with E-state index in [1.54, 1.807) is 14.2 Å². The molecule has 0 saturated heterocycles. The van der Waals surface area contributed by atoms with E-state index in [0.29, 0.717) is 5.56 Å². The molecule has 4 nitrogen and oxygen atoms in total. The minimum atomic E-state index is -0.116. The van der Waals surface area contributed by atoms with Crippen molar-refractivity contribution in [2.24, 2.45) is 0 Å². The molecular weight excluding hydrogens is 326 g/mol. The van der Waals surface area contributed by atoms with Gasteiger partial charge in [-0.05, 0) is 54.4 Å². The van der Waals surface area contributed by atoms with Gasteiger partial charge < -0.3 is 14.8 Å². The summed E-state index contributed by atoms with van der Waals surface area (Å²) < 4.78 is 10.7. The SMILES string of the molecule is COc1ccc(OC)c(-c2ccc(NC(=O)c3ccccc3C)cc2)c1. The lowest BCUT2D eigenvalue weighted by molar-refractivity contribution is 0.102. The van der Waals surface area contributed by atoms with Crippen LogP contribution in [0.25, 0.3) is 11.1 Å². The summed E-state index contributed by atoms with van der Waals surface area (Å²) in [5.41, 5.74) is 4.27. The lowest BCUT2D eigenvalue weighted by Crippen LogP contribution is -2.13. The van der Waals surface area contributed by atoms with Crippen LogP contribution in [0.5, 0.6) is 11.5 Å². The first-order chi connectivity index (χ1) is 12.6. The Morgan fingerprint density at radius 3 is 2.27 bits per heavy atom. The second-order valence-corrected chi connectivity index (χ2v) is 5.91. The van der Waals surface area contributed by atoms with Crippen molar-refractivity contribution in [1.29, 1.82) is 0 Å². The van der Waals surface area contributed by atoms with Gasteiger partial charge in [-0.15, -0.1) is 0 Å². The second kappa shape index (κ2) is 7.74. The molecule has 0 aliphatic rings. The average Bonchev–Trinajstić information content (AvgIpc) is 2.68. The molecule has 3 aromatic rings. The zero-order chi connectivity index (χ0) is 18.5. The van der Waals surface area contributed by atoms with Gasteiger partial charge in [-0.1, -0.05) is 30.3 Å². The number of aryl methyl sites for hydroxylation is 1. The number of hydrogen-bond donors (Lipinski definition) is 1. The molecule has 0 aromatic heterocycles. The van der Waals surface area contributed by atoms with E-state index in [0.717, 1.165) is 33.9 Å². The zero-order valence-electron chi connectivity index (χ0n) is 15.1. The van der Waals surface area contributed by atoms with Crippen LogP contribution in [-0.2, 0) is 0 Å². The number of ether oxygens (including phenoxy) is 2. The molecule has 0 bridgehead atoms. The van der Waals surface area contributed by atoms with Gasteiger partial charge in [0.25, 0.3) is 5.91 Å². The highest BCUT2D eigenvalue weighted by atomic mass is 16.5. The zero-order valence-corrected chi connectivity index (χ0v) is 15.1. The van der Waals surface area contributed by atoms with E-state index in [9.17, 15) is 4.79 Å². The number of anilines is 1. The lowest BCUT2D eigenvalue weighted by Gasteiger charge is -2.12. The highest BCUT2D eigenvalue weighted by Crippen LogP contribution is 2.33. The molecule has 0 aliphatic heterocycles. The van der Waals surface area contributed by atoms with Crippen LogP contribution in [0.15, 0.2) is 66.7 Å². The molecule has 0 aliphatic carbocycles. The standard InChI is InChI=1S/C22H21NO3/c1-15-6-4-5-7-19(15)22(24)23-17-10-8-16(9-11-17)20-14-18(25-2)12-13-21(20)26-3/h4-14H,1-3H3,(H,23,24). The fourth-order valence-corrected chi connectivity index (χ4v) is 2.80. The first kappa shape index (κ1) is 17.5. The van der Waals surface area contributed by atoms with Crippen LogP contribution >= 0.6 is 0 Å². The van der Waals surface area contributed by atoms with Gasteiger partial charge in [0.1, 0.15) is 11.5 Å². The fraction of sp³-hybridized carbons (Fsp3) is 0.136. The maximum Gasteiger partial charge on any atom is 0.255 e. The molecule has 0 unspecified atom stereocenters. The lowest BCUT2D eigenvalue weighted by atomic mass is 10.0. The van der Waals surface area contributed by atoms with Crippen LogP contribution in [0.3, 0.4) is 0 Å². The topological polar surface area (TPSA) is 47.6 Å². The maximum atomic E-state index is 12.4. The van der Waals surface area contributed by atoms with Gasteiger partial charge >= 0.3 is 0 Å². The van der Waals surface area contributed by atoms with E-state index in [1.807, 2.05) is 73.7 Å². The van der Waals surface area contributed by atoms with Crippen molar-refractivity contribution in [1.82, 2.24) is 0 Å². The summed E-state index contributed by atoms with van der Waals surface area (Å²) in [5, 5.41) is 2.93. The van der Waals surface area contributed by atoms with Gasteiger partial charge in [0.15, 0.2) is 0 Å². The quantitative estimate of drug-likeness (QED) is 0.712. The van der Waals surface area contributed by atoms with Crippen LogP contribution in [0.4, 0.5) is 5.69 Å². The predicted octanol–water partition coefficient (Wildman–Crippen LogP) is 4.93. The third-order valence-corrected chi connectivity index (χ3v) is 4.25. The summed E-state index contributed by atoms with van der Waals surface area (Å²) >= 11 is 0. The van der Waals surface area contributed by atoms with Crippen molar-refractivity contribution in [2.75, 3.05) is 19.5 Å². The average molecular weight is 347 g/mol. The van der Waals surface area contributed by atoms with E-state index >= 15 is 0 Å². The monoisotopic (exact) mass is 347 g/mol. The van der Waals surface area contributed by atoms with Crippen molar-refractivity contribution in [2.45, 2.75) is 6.92 Å². The van der Waals surface area contributed by atoms with Crippen LogP contribution < -0.4 is 14.8 Å². The van der Waals surface area contributed by atoms with E-state index in [4.69, 9.17) is 9.47 Å². The Hall–Kier alpha value is -3.27. The number of amides is 1. The van der Waals surface area contributed by atoms with Gasteiger partial charge in [-0.3, -0.25) is 4.79 Å². The summed E-state index contributed by atoms with van der Waals surface area (Å²) in [4.78, 5) is 12.4. The Labute approximate surface area is 153 Å². The molecule has 4 heteroatoms. The van der Waals surface area contributed by atoms with Crippen molar-refractivity contribution < 1.29 is 14.3 Å². The minimum Gasteiger partial charge on any atom is -0.497 e. The molecule has 3 rings (SSSR count). The predicted molar refractivity (Wildman–Crippen MR) is 104 cm³/mol. The summed E-state index contributed by atoms with van der Waals surface area (Å²) in [5.74, 6) is 1.41. The van der Waals surface area contributed by atoms with E-state index in [2.05, 4.69) is 5.32 Å². The van der Waals surface area contributed by atoms with Crippen LogP contribution in [0.2, 0.25) is 0 Å². The number of benzene rings is 3. The minimum absolute atomic E-state index is 0.116. The van der Waals surface area contributed by atoms with Gasteiger partial charge in [0.05, 0.1) is 14.2 Å². The molecule has 3 aromatic carbocycles. The first-order valence-corrected chi connectivity index (χ1v) is 8.32. The molecule has 1 N–H and O–H groups in total.